The number of fused-ring (bicyclic) bond motifs is 2. The van der Waals surface area contributed by atoms with E-state index in [0.29, 0.717) is 36.3 Å². The predicted octanol–water partition coefficient (Wildman–Crippen LogP) is 3.20. The molecule has 2 fully saturated rings. The number of sulfonamides is 1. The molecule has 2 aromatic carbocycles. The van der Waals surface area contributed by atoms with E-state index in [9.17, 15) is 26.7 Å². The molecule has 15 heteroatoms. The third kappa shape index (κ3) is 8.20. The number of alkyl carbamates (subject to hydrolysis) is 1. The van der Waals surface area contributed by atoms with Crippen molar-refractivity contribution in [3.05, 3.63) is 54.1 Å². The Kier molecular flexibility index (Phi) is 10.5. The lowest BCUT2D eigenvalue weighted by Gasteiger charge is -2.33. The van der Waals surface area contributed by atoms with Crippen molar-refractivity contribution >= 4 is 47.5 Å². The molecule has 3 heterocycles. The molecule has 1 aromatic heterocycles. The standard InChI is InChI=1S/C30H39N3O9S3/c1-19(2)17-33(45(38,39)21-9-10-23-27(16-21)43-30(32-23)44(3,36)37)18-25(34)24(15-20-7-5-4-6-8-20)31-29(35)42-26-12-14-41-28-22(26)11-13-40-28/h4-10,16,19,22,24-26,28,34H,11-15,17-18H2,1-3H3,(H,31,35)/t22-,24-,25+,26-,28+/m0/s1. The van der Waals surface area contributed by atoms with Gasteiger partial charge in [0.05, 0.1) is 40.5 Å². The molecule has 2 aliphatic heterocycles. The van der Waals surface area contributed by atoms with Crippen molar-refractivity contribution in [2.45, 2.75) is 66.9 Å². The molecule has 5 atom stereocenters. The van der Waals surface area contributed by atoms with E-state index in [4.69, 9.17) is 14.2 Å². The van der Waals surface area contributed by atoms with E-state index in [2.05, 4.69) is 10.3 Å². The van der Waals surface area contributed by atoms with Gasteiger partial charge in [0.25, 0.3) is 0 Å². The monoisotopic (exact) mass is 681 g/mol. The Labute approximate surface area is 267 Å². The smallest absolute Gasteiger partial charge is 0.407 e. The lowest BCUT2D eigenvalue weighted by molar-refractivity contribution is -0.179. The van der Waals surface area contributed by atoms with E-state index in [1.165, 1.54) is 22.5 Å². The first-order chi connectivity index (χ1) is 21.3. The Bertz CT molecular complexity index is 1700. The van der Waals surface area contributed by atoms with Gasteiger partial charge in [0.1, 0.15) is 6.10 Å². The van der Waals surface area contributed by atoms with Gasteiger partial charge in [0, 0.05) is 31.7 Å². The second-order valence-electron chi connectivity index (χ2n) is 11.9. The lowest BCUT2D eigenvalue weighted by atomic mass is 9.95. The number of rotatable bonds is 12. The van der Waals surface area contributed by atoms with Crippen LogP contribution in [0.3, 0.4) is 0 Å². The van der Waals surface area contributed by atoms with Crippen molar-refractivity contribution in [1.29, 1.82) is 0 Å². The SMILES string of the molecule is CC(C)CN(C[C@@H](O)[C@H](Cc1ccccc1)NC(=O)O[C@H]1CCO[C@H]2OCC[C@H]21)S(=O)(=O)c1ccc2nc(S(C)(=O)=O)sc2c1. The van der Waals surface area contributed by atoms with Gasteiger partial charge in [-0.05, 0) is 42.5 Å². The summed E-state index contributed by atoms with van der Waals surface area (Å²) in [5.74, 6) is -0.158. The number of carbonyl (C=O) groups excluding carboxylic acids is 1. The number of aliphatic hydroxyl groups excluding tert-OH is 1. The van der Waals surface area contributed by atoms with E-state index in [-0.39, 0.29) is 40.6 Å². The number of nitrogens with one attached hydrogen (secondary N) is 1. The number of ether oxygens (including phenoxy) is 3. The zero-order valence-corrected chi connectivity index (χ0v) is 27.8. The minimum atomic E-state index is -4.15. The van der Waals surface area contributed by atoms with Crippen molar-refractivity contribution in [3.63, 3.8) is 0 Å². The number of aliphatic hydroxyl groups is 1. The Morgan fingerprint density at radius 2 is 1.80 bits per heavy atom. The number of hydrogen-bond acceptors (Lipinski definition) is 11. The second-order valence-corrected chi connectivity index (χ2v) is 17.1. The van der Waals surface area contributed by atoms with E-state index in [0.717, 1.165) is 23.2 Å². The molecule has 2 aliphatic rings. The van der Waals surface area contributed by atoms with Crippen molar-refractivity contribution in [2.75, 3.05) is 32.6 Å². The molecule has 0 unspecified atom stereocenters. The van der Waals surface area contributed by atoms with Gasteiger partial charge in [-0.15, -0.1) is 11.3 Å². The van der Waals surface area contributed by atoms with Crippen molar-refractivity contribution in [2.24, 2.45) is 11.8 Å². The van der Waals surface area contributed by atoms with Crippen LogP contribution in [-0.2, 0) is 40.5 Å². The van der Waals surface area contributed by atoms with Crippen LogP contribution in [0.4, 0.5) is 4.79 Å². The topological polar surface area (TPSA) is 161 Å². The normalized spacial score (nSPS) is 22.0. The molecular formula is C30H39N3O9S3. The van der Waals surface area contributed by atoms with Gasteiger partial charge in [-0.1, -0.05) is 44.2 Å². The summed E-state index contributed by atoms with van der Waals surface area (Å²) in [7, 11) is -7.71. The minimum absolute atomic E-state index is 0.0496. The summed E-state index contributed by atoms with van der Waals surface area (Å²) in [5.41, 5.74) is 1.22. The fraction of sp³-hybridized carbons (Fsp3) is 0.533. The fourth-order valence-corrected chi connectivity index (χ4v) is 9.21. The van der Waals surface area contributed by atoms with Gasteiger partial charge >= 0.3 is 6.09 Å². The summed E-state index contributed by atoms with van der Waals surface area (Å²) in [6.07, 6.45) is -0.286. The van der Waals surface area contributed by atoms with Gasteiger partial charge in [-0.25, -0.2) is 26.6 Å². The third-order valence-corrected chi connectivity index (χ3v) is 12.3. The number of hydrogen-bond donors (Lipinski definition) is 2. The highest BCUT2D eigenvalue weighted by Crippen LogP contribution is 2.33. The molecule has 2 saturated heterocycles. The molecule has 0 saturated carbocycles. The highest BCUT2D eigenvalue weighted by atomic mass is 32.2. The number of nitrogens with zero attached hydrogens (tertiary/aromatic N) is 2. The zero-order valence-electron chi connectivity index (χ0n) is 25.4. The highest BCUT2D eigenvalue weighted by Gasteiger charge is 2.41. The molecule has 0 aliphatic carbocycles. The van der Waals surface area contributed by atoms with Gasteiger partial charge in [0.2, 0.25) is 24.2 Å². The molecule has 246 valence electrons. The van der Waals surface area contributed by atoms with Crippen LogP contribution in [0.1, 0.15) is 32.3 Å². The van der Waals surface area contributed by atoms with Gasteiger partial charge < -0.3 is 24.6 Å². The number of amides is 1. The number of sulfone groups is 1. The third-order valence-electron chi connectivity index (χ3n) is 7.82. The maximum atomic E-state index is 14.0. The first-order valence-electron chi connectivity index (χ1n) is 14.8. The molecular weight excluding hydrogens is 643 g/mol. The van der Waals surface area contributed by atoms with Gasteiger partial charge in [0.15, 0.2) is 6.29 Å². The van der Waals surface area contributed by atoms with Crippen LogP contribution in [0.15, 0.2) is 57.8 Å². The summed E-state index contributed by atoms with van der Waals surface area (Å²) < 4.78 is 70.5. The summed E-state index contributed by atoms with van der Waals surface area (Å²) >= 11 is 0.898. The summed E-state index contributed by atoms with van der Waals surface area (Å²) in [6.45, 7) is 4.46. The second kappa shape index (κ2) is 14.0. The van der Waals surface area contributed by atoms with E-state index in [1.54, 1.807) is 0 Å². The molecule has 12 nitrogen and oxygen atoms in total. The Morgan fingerprint density at radius 3 is 2.49 bits per heavy atom. The average Bonchev–Trinajstić information content (AvgIpc) is 3.64. The highest BCUT2D eigenvalue weighted by molar-refractivity contribution is 7.92. The number of benzene rings is 2. The fourth-order valence-electron chi connectivity index (χ4n) is 5.61. The van der Waals surface area contributed by atoms with E-state index >= 15 is 0 Å². The van der Waals surface area contributed by atoms with Crippen LogP contribution >= 0.6 is 11.3 Å². The molecule has 0 bridgehead atoms. The quantitative estimate of drug-likeness (QED) is 0.291. The molecule has 0 spiro atoms. The molecule has 2 N–H and O–H groups in total. The predicted molar refractivity (Wildman–Crippen MR) is 168 cm³/mol. The van der Waals surface area contributed by atoms with Gasteiger partial charge in [-0.2, -0.15) is 4.31 Å². The van der Waals surface area contributed by atoms with Crippen LogP contribution in [0.2, 0.25) is 0 Å². The molecule has 1 amide bonds. The van der Waals surface area contributed by atoms with E-state index in [1.807, 2.05) is 44.2 Å². The average molecular weight is 682 g/mol. The van der Waals surface area contributed by atoms with Crippen LogP contribution in [-0.4, -0.2) is 94.4 Å². The Morgan fingerprint density at radius 1 is 1.09 bits per heavy atom. The van der Waals surface area contributed by atoms with Crippen molar-refractivity contribution in [3.8, 4) is 0 Å². The first-order valence-corrected chi connectivity index (χ1v) is 19.0. The maximum Gasteiger partial charge on any atom is 0.407 e. The van der Waals surface area contributed by atoms with Gasteiger partial charge in [-0.3, -0.25) is 0 Å². The minimum Gasteiger partial charge on any atom is -0.446 e. The molecule has 0 radical (unpaired) electrons. The Balaban J connectivity index is 1.37. The molecule has 5 rings (SSSR count). The van der Waals surface area contributed by atoms with Crippen LogP contribution in [0.5, 0.6) is 0 Å². The summed E-state index contributed by atoms with van der Waals surface area (Å²) in [4.78, 5) is 17.2. The van der Waals surface area contributed by atoms with Crippen LogP contribution in [0, 0.1) is 11.8 Å². The van der Waals surface area contributed by atoms with Crippen molar-refractivity contribution < 1.29 is 40.9 Å². The van der Waals surface area contributed by atoms with Crippen molar-refractivity contribution in [1.82, 2.24) is 14.6 Å². The maximum absolute atomic E-state index is 14.0. The lowest BCUT2D eigenvalue weighted by Crippen LogP contribution is -2.52. The zero-order chi connectivity index (χ0) is 32.4. The van der Waals surface area contributed by atoms with E-state index < -0.39 is 50.5 Å². The first kappa shape index (κ1) is 33.7. The number of aromatic nitrogens is 1. The van der Waals surface area contributed by atoms with Crippen LogP contribution < -0.4 is 5.32 Å². The summed E-state index contributed by atoms with van der Waals surface area (Å²) in [5, 5.41) is 14.3. The molecule has 3 aromatic rings. The Hall–Kier alpha value is -2.66. The van der Waals surface area contributed by atoms with Crippen LogP contribution in [0.25, 0.3) is 10.2 Å². The molecule has 45 heavy (non-hydrogen) atoms. The number of thiazole rings is 1. The largest absolute Gasteiger partial charge is 0.446 e. The summed E-state index contributed by atoms with van der Waals surface area (Å²) in [6, 6.07) is 12.7. The number of carbonyl (C=O) groups is 1.